The molecule has 92 valence electrons. The molecule has 0 aromatic heterocycles. The van der Waals surface area contributed by atoms with Crippen LogP contribution < -0.4 is 0 Å². The van der Waals surface area contributed by atoms with E-state index in [0.717, 1.165) is 0 Å². The first-order valence-electron chi connectivity index (χ1n) is 4.65. The van der Waals surface area contributed by atoms with E-state index >= 15 is 0 Å². The van der Waals surface area contributed by atoms with Gasteiger partial charge >= 0.3 is 18.3 Å². The van der Waals surface area contributed by atoms with Crippen LogP contribution in [0.5, 0.6) is 0 Å². The normalized spacial score (nSPS) is 21.2. The van der Waals surface area contributed by atoms with Gasteiger partial charge in [-0.3, -0.25) is 9.59 Å². The first-order chi connectivity index (χ1) is 7.24. The van der Waals surface area contributed by atoms with Crippen molar-refractivity contribution in [3.63, 3.8) is 0 Å². The van der Waals surface area contributed by atoms with Gasteiger partial charge in [0.15, 0.2) is 0 Å². The topological polar surface area (TPSA) is 54.4 Å². The molecule has 0 radical (unpaired) electrons. The van der Waals surface area contributed by atoms with Gasteiger partial charge in [0.05, 0.1) is 0 Å². The van der Waals surface area contributed by atoms with Gasteiger partial charge in [0, 0.05) is 12.8 Å². The summed E-state index contributed by atoms with van der Waals surface area (Å²) in [6, 6.07) is 0. The monoisotopic (exact) mass is 242 g/mol. The molecule has 0 aliphatic heterocycles. The lowest BCUT2D eigenvalue weighted by Gasteiger charge is -2.38. The number of ketones is 1. The second kappa shape index (κ2) is 4.03. The van der Waals surface area contributed by atoms with E-state index in [1.807, 2.05) is 0 Å². The van der Waals surface area contributed by atoms with Crippen molar-refractivity contribution in [1.82, 2.24) is 0 Å². The quantitative estimate of drug-likeness (QED) is 0.771. The number of halogens is 4. The molecule has 1 aliphatic rings. The molecule has 0 amide bonds. The van der Waals surface area contributed by atoms with Crippen LogP contribution in [-0.2, 0) is 9.59 Å². The molecule has 1 saturated carbocycles. The molecule has 0 heterocycles. The van der Waals surface area contributed by atoms with Gasteiger partial charge < -0.3 is 5.11 Å². The number of carboxylic acids is 1. The van der Waals surface area contributed by atoms with E-state index in [0.29, 0.717) is 0 Å². The number of carbonyl (C=O) groups is 2. The maximum absolute atomic E-state index is 13.2. The fraction of sp³-hybridized carbons (Fsp3) is 0.778. The van der Waals surface area contributed by atoms with E-state index in [4.69, 9.17) is 5.11 Å². The number of hydrogen-bond donors (Lipinski definition) is 1. The molecule has 16 heavy (non-hydrogen) atoms. The highest BCUT2D eigenvalue weighted by Crippen LogP contribution is 2.50. The van der Waals surface area contributed by atoms with Crippen LogP contribution in [0, 0.1) is 5.41 Å². The summed E-state index contributed by atoms with van der Waals surface area (Å²) in [6.07, 6.45) is -6.31. The minimum absolute atomic E-state index is 0.373. The van der Waals surface area contributed by atoms with Crippen LogP contribution in [0.15, 0.2) is 0 Å². The predicted octanol–water partition coefficient (Wildman–Crippen LogP) is 2.10. The van der Waals surface area contributed by atoms with Gasteiger partial charge in [-0.15, -0.1) is 0 Å². The first kappa shape index (κ1) is 12.9. The molecule has 1 fully saturated rings. The smallest absolute Gasteiger partial charge is 0.323 e. The van der Waals surface area contributed by atoms with Gasteiger partial charge in [0.1, 0.15) is 11.2 Å². The van der Waals surface area contributed by atoms with Crippen LogP contribution in [0.4, 0.5) is 17.6 Å². The SMILES string of the molecule is O=C1CCC(C(=O)O)(C(F)(F)C(F)F)CC1. The number of Topliss-reactive ketones (excluding diaryl/α,β-unsaturated/α-hetero) is 1. The zero-order valence-corrected chi connectivity index (χ0v) is 8.18. The van der Waals surface area contributed by atoms with Crippen molar-refractivity contribution in [3.05, 3.63) is 0 Å². The van der Waals surface area contributed by atoms with Crippen molar-refractivity contribution in [1.29, 1.82) is 0 Å². The lowest BCUT2D eigenvalue weighted by atomic mass is 9.69. The molecule has 0 bridgehead atoms. The van der Waals surface area contributed by atoms with E-state index < -0.39 is 49.4 Å². The third-order valence-electron chi connectivity index (χ3n) is 2.98. The fourth-order valence-corrected chi connectivity index (χ4v) is 1.85. The maximum atomic E-state index is 13.2. The van der Waals surface area contributed by atoms with Crippen molar-refractivity contribution in [3.8, 4) is 0 Å². The zero-order valence-electron chi connectivity index (χ0n) is 8.18. The number of hydrogen-bond acceptors (Lipinski definition) is 2. The second-order valence-electron chi connectivity index (χ2n) is 3.85. The molecule has 0 aromatic rings. The summed E-state index contributed by atoms with van der Waals surface area (Å²) in [5.74, 6) is -6.95. The van der Waals surface area contributed by atoms with E-state index in [-0.39, 0.29) is 5.78 Å². The Hall–Kier alpha value is -1.14. The van der Waals surface area contributed by atoms with Crippen molar-refractivity contribution in [2.75, 3.05) is 0 Å². The second-order valence-corrected chi connectivity index (χ2v) is 3.85. The van der Waals surface area contributed by atoms with E-state index in [1.54, 1.807) is 0 Å². The standard InChI is InChI=1S/C9H10F4O3/c10-6(11)9(12,13)8(7(15)16)3-1-5(14)2-4-8/h6H,1-4H2,(H,15,16). The van der Waals surface area contributed by atoms with Gasteiger partial charge in [-0.1, -0.05) is 0 Å². The van der Waals surface area contributed by atoms with Crippen LogP contribution in [0.25, 0.3) is 0 Å². The Kier molecular flexibility index (Phi) is 3.25. The average Bonchev–Trinajstić information content (AvgIpc) is 2.18. The number of aliphatic carboxylic acids is 1. The van der Waals surface area contributed by atoms with Crippen molar-refractivity contribution < 1.29 is 32.3 Å². The van der Waals surface area contributed by atoms with Gasteiger partial charge in [-0.05, 0) is 12.8 Å². The number of rotatable bonds is 3. The summed E-state index contributed by atoms with van der Waals surface area (Å²) < 4.78 is 50.8. The lowest BCUT2D eigenvalue weighted by Crippen LogP contribution is -2.53. The molecule has 0 atom stereocenters. The molecule has 0 spiro atoms. The molecule has 1 N–H and O–H groups in total. The highest BCUT2D eigenvalue weighted by atomic mass is 19.3. The van der Waals surface area contributed by atoms with Crippen molar-refractivity contribution >= 4 is 11.8 Å². The summed E-state index contributed by atoms with van der Waals surface area (Å²) >= 11 is 0. The van der Waals surface area contributed by atoms with Crippen molar-refractivity contribution in [2.24, 2.45) is 5.41 Å². The highest BCUT2D eigenvalue weighted by molar-refractivity contribution is 5.84. The minimum atomic E-state index is -4.61. The third-order valence-corrected chi connectivity index (χ3v) is 2.98. The van der Waals surface area contributed by atoms with Crippen LogP contribution >= 0.6 is 0 Å². The van der Waals surface area contributed by atoms with E-state index in [2.05, 4.69) is 0 Å². The largest absolute Gasteiger partial charge is 0.481 e. The summed E-state index contributed by atoms with van der Waals surface area (Å²) in [5.41, 5.74) is -2.81. The molecule has 1 rings (SSSR count). The predicted molar refractivity (Wildman–Crippen MR) is 44.5 cm³/mol. The Morgan fingerprint density at radius 3 is 2.06 bits per heavy atom. The Bertz CT molecular complexity index is 304. The van der Waals surface area contributed by atoms with E-state index in [9.17, 15) is 27.2 Å². The average molecular weight is 242 g/mol. The lowest BCUT2D eigenvalue weighted by molar-refractivity contribution is -0.226. The molecule has 0 unspecified atom stereocenters. The molecule has 0 aromatic carbocycles. The van der Waals surface area contributed by atoms with Crippen LogP contribution in [0.2, 0.25) is 0 Å². The highest BCUT2D eigenvalue weighted by Gasteiger charge is 2.65. The summed E-state index contributed by atoms with van der Waals surface area (Å²) in [5, 5.41) is 8.73. The Morgan fingerprint density at radius 1 is 1.31 bits per heavy atom. The van der Waals surface area contributed by atoms with Gasteiger partial charge in [0.2, 0.25) is 0 Å². The molecular formula is C9H10F4O3. The van der Waals surface area contributed by atoms with Crippen LogP contribution in [0.3, 0.4) is 0 Å². The molecule has 3 nitrogen and oxygen atoms in total. The summed E-state index contributed by atoms with van der Waals surface area (Å²) in [7, 11) is 0. The number of carbonyl (C=O) groups excluding carboxylic acids is 1. The summed E-state index contributed by atoms with van der Waals surface area (Å²) in [4.78, 5) is 21.7. The molecule has 1 aliphatic carbocycles. The molecular weight excluding hydrogens is 232 g/mol. The van der Waals surface area contributed by atoms with Crippen LogP contribution in [-0.4, -0.2) is 29.2 Å². The third kappa shape index (κ3) is 1.78. The maximum Gasteiger partial charge on any atom is 0.323 e. The Labute approximate surface area is 88.4 Å². The van der Waals surface area contributed by atoms with Crippen molar-refractivity contribution in [2.45, 2.75) is 38.0 Å². The van der Waals surface area contributed by atoms with E-state index in [1.165, 1.54) is 0 Å². The van der Waals surface area contributed by atoms with Gasteiger partial charge in [0.25, 0.3) is 0 Å². The Balaban J connectivity index is 3.07. The molecule has 7 heteroatoms. The molecule has 0 saturated heterocycles. The zero-order chi connectivity index (χ0) is 12.6. The first-order valence-corrected chi connectivity index (χ1v) is 4.65. The number of carboxylic acid groups (broad SMARTS) is 1. The van der Waals surface area contributed by atoms with Crippen LogP contribution in [0.1, 0.15) is 25.7 Å². The summed E-state index contributed by atoms with van der Waals surface area (Å²) in [6.45, 7) is 0. The fourth-order valence-electron chi connectivity index (χ4n) is 1.85. The number of alkyl halides is 4. The van der Waals surface area contributed by atoms with Gasteiger partial charge in [-0.2, -0.15) is 8.78 Å². The minimum Gasteiger partial charge on any atom is -0.481 e. The van der Waals surface area contributed by atoms with Gasteiger partial charge in [-0.25, -0.2) is 8.78 Å². The Morgan fingerprint density at radius 2 is 1.75 bits per heavy atom.